The number of rotatable bonds is 5. The number of benzene rings is 1. The molecule has 3 N–H and O–H groups in total. The molecule has 2 rings (SSSR count). The van der Waals surface area contributed by atoms with Crippen LogP contribution >= 0.6 is 11.6 Å². The van der Waals surface area contributed by atoms with Crippen molar-refractivity contribution in [3.8, 4) is 11.3 Å². The molecule has 1 heterocycles. The number of furan rings is 1. The summed E-state index contributed by atoms with van der Waals surface area (Å²) in [4.78, 5) is 0. The molecule has 19 heavy (non-hydrogen) atoms. The van der Waals surface area contributed by atoms with Gasteiger partial charge in [-0.2, -0.15) is 0 Å². The molecule has 102 valence electrons. The van der Waals surface area contributed by atoms with Crippen molar-refractivity contribution in [1.29, 1.82) is 0 Å². The molecule has 0 amide bonds. The molecule has 0 spiro atoms. The Morgan fingerprint density at radius 2 is 2.11 bits per heavy atom. The SMILES string of the molecule is Cc1ccc(-c2ccc(C[NH2+]C[C@H](C)O)o2)cc1Cl. The Kier molecular flexibility index (Phi) is 4.64. The van der Waals surface area contributed by atoms with Crippen LogP contribution in [0, 0.1) is 6.92 Å². The zero-order valence-corrected chi connectivity index (χ0v) is 11.9. The maximum Gasteiger partial charge on any atom is 0.158 e. The van der Waals surface area contributed by atoms with Crippen molar-refractivity contribution in [3.63, 3.8) is 0 Å². The Balaban J connectivity index is 2.05. The third kappa shape index (κ3) is 3.83. The van der Waals surface area contributed by atoms with Gasteiger partial charge in [0.1, 0.15) is 18.8 Å². The van der Waals surface area contributed by atoms with Gasteiger partial charge in [0.05, 0.1) is 6.10 Å². The third-order valence-corrected chi connectivity index (χ3v) is 3.38. The molecule has 1 aromatic heterocycles. The summed E-state index contributed by atoms with van der Waals surface area (Å²) in [5.74, 6) is 1.72. The molecule has 1 atom stereocenters. The van der Waals surface area contributed by atoms with Crippen LogP contribution in [-0.4, -0.2) is 17.8 Å². The number of aryl methyl sites for hydroxylation is 1. The molecule has 1 aromatic carbocycles. The summed E-state index contributed by atoms with van der Waals surface area (Å²) < 4.78 is 5.77. The standard InChI is InChI=1S/C15H18ClNO2/c1-10-3-4-12(7-14(10)16)15-6-5-13(19-15)9-17-8-11(2)18/h3-7,11,17-18H,8-9H2,1-2H3/p+1/t11-/m0/s1. The predicted octanol–water partition coefficient (Wildman–Crippen LogP) is 2.35. The molecule has 3 nitrogen and oxygen atoms in total. The summed E-state index contributed by atoms with van der Waals surface area (Å²) in [7, 11) is 0. The van der Waals surface area contributed by atoms with Crippen molar-refractivity contribution in [2.24, 2.45) is 0 Å². The third-order valence-electron chi connectivity index (χ3n) is 2.97. The minimum Gasteiger partial charge on any atom is -0.455 e. The second kappa shape index (κ2) is 6.24. The summed E-state index contributed by atoms with van der Waals surface area (Å²) >= 11 is 6.11. The van der Waals surface area contributed by atoms with E-state index in [-0.39, 0.29) is 6.10 Å². The summed E-state index contributed by atoms with van der Waals surface area (Å²) in [5, 5.41) is 12.0. The minimum absolute atomic E-state index is 0.301. The van der Waals surface area contributed by atoms with Gasteiger partial charge in [-0.3, -0.25) is 0 Å². The van der Waals surface area contributed by atoms with E-state index in [9.17, 15) is 5.11 Å². The summed E-state index contributed by atoms with van der Waals surface area (Å²) in [6.45, 7) is 5.15. The van der Waals surface area contributed by atoms with E-state index in [0.29, 0.717) is 6.54 Å². The van der Waals surface area contributed by atoms with Gasteiger partial charge in [-0.05, 0) is 37.6 Å². The highest BCUT2D eigenvalue weighted by atomic mass is 35.5. The van der Waals surface area contributed by atoms with Crippen LogP contribution in [0.5, 0.6) is 0 Å². The van der Waals surface area contributed by atoms with E-state index in [4.69, 9.17) is 16.0 Å². The van der Waals surface area contributed by atoms with E-state index in [0.717, 1.165) is 34.2 Å². The normalized spacial score (nSPS) is 12.6. The van der Waals surface area contributed by atoms with Crippen LogP contribution in [0.4, 0.5) is 0 Å². The van der Waals surface area contributed by atoms with Gasteiger partial charge in [0.15, 0.2) is 5.76 Å². The van der Waals surface area contributed by atoms with E-state index in [2.05, 4.69) is 0 Å². The predicted molar refractivity (Wildman–Crippen MR) is 76.1 cm³/mol. The highest BCUT2D eigenvalue weighted by Crippen LogP contribution is 2.26. The lowest BCUT2D eigenvalue weighted by Gasteiger charge is -2.02. The molecule has 0 saturated carbocycles. The maximum atomic E-state index is 9.19. The molecule has 0 unspecified atom stereocenters. The van der Waals surface area contributed by atoms with Crippen molar-refractivity contribution < 1.29 is 14.8 Å². The van der Waals surface area contributed by atoms with E-state index in [1.54, 1.807) is 6.92 Å². The van der Waals surface area contributed by atoms with Crippen LogP contribution in [0.25, 0.3) is 11.3 Å². The van der Waals surface area contributed by atoms with Gasteiger partial charge < -0.3 is 14.8 Å². The Bertz CT molecular complexity index is 549. The van der Waals surface area contributed by atoms with Crippen LogP contribution in [0.2, 0.25) is 5.02 Å². The second-order valence-corrected chi connectivity index (χ2v) is 5.21. The number of nitrogens with two attached hydrogens (primary N) is 1. The number of aliphatic hydroxyl groups is 1. The maximum absolute atomic E-state index is 9.19. The van der Waals surface area contributed by atoms with Gasteiger partial charge in [0, 0.05) is 10.6 Å². The van der Waals surface area contributed by atoms with Gasteiger partial charge in [-0.25, -0.2) is 0 Å². The fourth-order valence-corrected chi connectivity index (χ4v) is 2.04. The fourth-order valence-electron chi connectivity index (χ4n) is 1.86. The van der Waals surface area contributed by atoms with E-state index >= 15 is 0 Å². The topological polar surface area (TPSA) is 50.0 Å². The van der Waals surface area contributed by atoms with Crippen molar-refractivity contribution in [2.75, 3.05) is 6.54 Å². The lowest BCUT2D eigenvalue weighted by Crippen LogP contribution is -2.84. The number of halogens is 1. The van der Waals surface area contributed by atoms with E-state index in [1.807, 2.05) is 42.6 Å². The van der Waals surface area contributed by atoms with Crippen molar-refractivity contribution in [3.05, 3.63) is 46.7 Å². The lowest BCUT2D eigenvalue weighted by atomic mass is 10.1. The Morgan fingerprint density at radius 3 is 2.79 bits per heavy atom. The van der Waals surface area contributed by atoms with Crippen molar-refractivity contribution in [2.45, 2.75) is 26.5 Å². The van der Waals surface area contributed by atoms with Gasteiger partial charge in [0.2, 0.25) is 0 Å². The quantitative estimate of drug-likeness (QED) is 0.883. The van der Waals surface area contributed by atoms with Gasteiger partial charge in [-0.1, -0.05) is 23.7 Å². The Morgan fingerprint density at radius 1 is 1.32 bits per heavy atom. The highest BCUT2D eigenvalue weighted by molar-refractivity contribution is 6.31. The molecule has 0 aliphatic carbocycles. The molecular weight excluding hydrogens is 262 g/mol. The summed E-state index contributed by atoms with van der Waals surface area (Å²) in [5.41, 5.74) is 2.04. The first-order chi connectivity index (χ1) is 9.06. The van der Waals surface area contributed by atoms with E-state index < -0.39 is 0 Å². The van der Waals surface area contributed by atoms with Crippen LogP contribution in [0.15, 0.2) is 34.7 Å². The molecule has 4 heteroatoms. The fraction of sp³-hybridized carbons (Fsp3) is 0.333. The smallest absolute Gasteiger partial charge is 0.158 e. The van der Waals surface area contributed by atoms with Crippen LogP contribution < -0.4 is 5.32 Å². The number of hydrogen-bond donors (Lipinski definition) is 2. The average Bonchev–Trinajstić information content (AvgIpc) is 2.81. The van der Waals surface area contributed by atoms with E-state index in [1.165, 1.54) is 0 Å². The highest BCUT2D eigenvalue weighted by Gasteiger charge is 2.08. The number of quaternary nitrogens is 1. The molecule has 0 aliphatic rings. The molecule has 0 bridgehead atoms. The van der Waals surface area contributed by atoms with Crippen LogP contribution in [-0.2, 0) is 6.54 Å². The molecule has 0 aliphatic heterocycles. The molecule has 2 aromatic rings. The first-order valence-electron chi connectivity index (χ1n) is 6.41. The first kappa shape index (κ1) is 14.1. The molecule has 0 radical (unpaired) electrons. The Hall–Kier alpha value is -1.29. The van der Waals surface area contributed by atoms with Gasteiger partial charge in [0.25, 0.3) is 0 Å². The van der Waals surface area contributed by atoms with Gasteiger partial charge in [-0.15, -0.1) is 0 Å². The Labute approximate surface area is 118 Å². The first-order valence-corrected chi connectivity index (χ1v) is 6.79. The number of aliphatic hydroxyl groups excluding tert-OH is 1. The summed E-state index contributed by atoms with van der Waals surface area (Å²) in [6, 6.07) is 9.82. The van der Waals surface area contributed by atoms with Gasteiger partial charge >= 0.3 is 0 Å². The zero-order valence-electron chi connectivity index (χ0n) is 11.2. The molecular formula is C15H19ClNO2+. The lowest BCUT2D eigenvalue weighted by molar-refractivity contribution is -0.677. The molecule has 0 fully saturated rings. The monoisotopic (exact) mass is 280 g/mol. The van der Waals surface area contributed by atoms with Crippen LogP contribution in [0.3, 0.4) is 0 Å². The largest absolute Gasteiger partial charge is 0.455 e. The second-order valence-electron chi connectivity index (χ2n) is 4.81. The minimum atomic E-state index is -0.301. The molecule has 0 saturated heterocycles. The van der Waals surface area contributed by atoms with Crippen molar-refractivity contribution in [1.82, 2.24) is 0 Å². The summed E-state index contributed by atoms with van der Waals surface area (Å²) in [6.07, 6.45) is -0.301. The average molecular weight is 281 g/mol. The zero-order chi connectivity index (χ0) is 13.8. The van der Waals surface area contributed by atoms with Crippen molar-refractivity contribution >= 4 is 11.6 Å². The number of hydrogen-bond acceptors (Lipinski definition) is 2. The van der Waals surface area contributed by atoms with Crippen LogP contribution in [0.1, 0.15) is 18.2 Å².